The Morgan fingerprint density at radius 2 is 0.685 bits per heavy atom. The fraction of sp³-hybridized carbons (Fsp3) is 0.667. The summed E-state index contributed by atoms with van der Waals surface area (Å²) in [5.74, 6) is -162. The van der Waals surface area contributed by atoms with Crippen LogP contribution in [0, 0.1) is 6.92 Å². The van der Waals surface area contributed by atoms with Crippen LogP contribution in [0.3, 0.4) is 0 Å². The van der Waals surface area contributed by atoms with Crippen LogP contribution in [0.15, 0.2) is 16.1 Å². The van der Waals surface area contributed by atoms with Gasteiger partial charge in [0, 0.05) is 6.92 Å². The van der Waals surface area contributed by atoms with Gasteiger partial charge in [0.2, 0.25) is 12.2 Å². The maximum atomic E-state index is 15.7. The molecule has 0 saturated heterocycles. The fourth-order valence-electron chi connectivity index (χ4n) is 5.04. The van der Waals surface area contributed by atoms with Crippen LogP contribution in [0.5, 0.6) is 0 Å². The number of esters is 1. The van der Waals surface area contributed by atoms with Crippen molar-refractivity contribution in [1.29, 1.82) is 0 Å². The second kappa shape index (κ2) is 18.1. The van der Waals surface area contributed by atoms with Crippen molar-refractivity contribution in [2.45, 2.75) is 115 Å². The number of aliphatic imine (C=N–C) groups is 2. The standard InChI is InChI=1S/C30H10F35N3O5/c1-7-9(66-4-69)3-10(67-5-70)12(11(7)13(72)68-6-73-8(2)71)14(31,32)15(33,34)16(35,36)17(37,38)18(39,40)19(41,42)20(43,44)21(45,46)22(47,48)23(49,50)24(51,52)25(53,54)26(55,56)27(57,58)28(59,60)29(61,62)30(63,64)65/h3H,6H2,1-2H3,(H,68,72). The monoisotopic (exact) mass is 1160 g/mol. The molecular weight excluding hydrogens is 1150 g/mol. The van der Waals surface area contributed by atoms with E-state index in [1.165, 1.54) is 0 Å². The Labute approximate surface area is 373 Å². The fourth-order valence-corrected chi connectivity index (χ4v) is 5.04. The number of halogens is 35. The van der Waals surface area contributed by atoms with Gasteiger partial charge in [-0.05, 0) is 18.6 Å². The molecule has 0 saturated carbocycles. The van der Waals surface area contributed by atoms with Gasteiger partial charge in [-0.25, -0.2) is 9.59 Å². The Morgan fingerprint density at radius 1 is 0.438 bits per heavy atom. The Bertz CT molecular complexity index is 2390. The molecule has 0 heterocycles. The number of carbonyl (C=O) groups is 2. The maximum Gasteiger partial charge on any atom is 0.460 e. The number of isocyanates is 2. The summed E-state index contributed by atoms with van der Waals surface area (Å²) < 4.78 is 499. The van der Waals surface area contributed by atoms with Gasteiger partial charge in [-0.1, -0.05) is 0 Å². The summed E-state index contributed by atoms with van der Waals surface area (Å²) in [7, 11) is 0. The molecule has 420 valence electrons. The van der Waals surface area contributed by atoms with Gasteiger partial charge in [0.25, 0.3) is 5.91 Å². The second-order valence-electron chi connectivity index (χ2n) is 13.7. The molecule has 0 aliphatic heterocycles. The minimum Gasteiger partial charge on any atom is -0.445 e. The lowest BCUT2D eigenvalue weighted by molar-refractivity contribution is -0.492. The first-order chi connectivity index (χ1) is 31.6. The number of alkyl halides is 35. The van der Waals surface area contributed by atoms with E-state index in [0.29, 0.717) is 13.0 Å². The Balaban J connectivity index is 4.34. The van der Waals surface area contributed by atoms with Crippen molar-refractivity contribution in [2.75, 3.05) is 6.73 Å². The number of nitrogens with zero attached hydrogens (tertiary/aromatic N) is 2. The topological polar surface area (TPSA) is 114 Å². The molecule has 0 aliphatic carbocycles. The van der Waals surface area contributed by atoms with E-state index in [1.54, 1.807) is 0 Å². The first-order valence-corrected chi connectivity index (χ1v) is 16.5. The number of nitrogens with one attached hydrogen (secondary N) is 1. The molecule has 43 heteroatoms. The highest BCUT2D eigenvalue weighted by atomic mass is 19.4. The lowest BCUT2D eigenvalue weighted by atomic mass is 9.81. The van der Waals surface area contributed by atoms with Gasteiger partial charge in [0.15, 0.2) is 6.73 Å². The van der Waals surface area contributed by atoms with Crippen LogP contribution >= 0.6 is 0 Å². The van der Waals surface area contributed by atoms with Crippen LogP contribution in [0.1, 0.15) is 28.4 Å². The summed E-state index contributed by atoms with van der Waals surface area (Å²) in [6.45, 7) is -1.21. The molecule has 73 heavy (non-hydrogen) atoms. The third kappa shape index (κ3) is 8.48. The second-order valence-corrected chi connectivity index (χ2v) is 13.7. The van der Waals surface area contributed by atoms with Gasteiger partial charge in [0.05, 0.1) is 22.5 Å². The SMILES string of the molecule is CC(=O)OCNC(=O)c1c(C)c(N=C=O)cc(N=C=O)c1C(F)(F)C(F)(F)C(F)(F)C(F)(F)C(F)(F)C(F)(F)C(F)(F)C(F)(F)C(F)(F)C(F)(F)C(F)(F)C(F)(F)C(F)(F)C(F)(F)C(F)(F)C(F)(F)C(F)(F)F. The molecule has 0 bridgehead atoms. The van der Waals surface area contributed by atoms with Crippen molar-refractivity contribution < 1.29 is 178 Å². The van der Waals surface area contributed by atoms with Gasteiger partial charge >= 0.3 is 107 Å². The summed E-state index contributed by atoms with van der Waals surface area (Å²) in [6, 6.07) is -0.557. The highest BCUT2D eigenvalue weighted by Crippen LogP contribution is 2.71. The molecule has 8 nitrogen and oxygen atoms in total. The van der Waals surface area contributed by atoms with Crippen LogP contribution in [-0.4, -0.2) is 126 Å². The van der Waals surface area contributed by atoms with Crippen LogP contribution in [0.25, 0.3) is 0 Å². The number of carbonyl (C=O) groups excluding carboxylic acids is 4. The number of hydrogen-bond donors (Lipinski definition) is 1. The van der Waals surface area contributed by atoms with Gasteiger partial charge in [-0.2, -0.15) is 164 Å². The van der Waals surface area contributed by atoms with E-state index in [2.05, 4.69) is 14.7 Å². The smallest absolute Gasteiger partial charge is 0.445 e. The summed E-state index contributed by atoms with van der Waals surface area (Å²) in [6.07, 6.45) is -7.96. The maximum absolute atomic E-state index is 15.7. The van der Waals surface area contributed by atoms with Crippen molar-refractivity contribution in [2.24, 2.45) is 9.98 Å². The molecule has 0 radical (unpaired) electrons. The molecule has 0 atom stereocenters. The summed E-state index contributed by atoms with van der Waals surface area (Å²) in [5, 5.41) is 1.07. The normalized spacial score (nSPS) is 15.4. The molecular formula is C30H10F35N3O5. The van der Waals surface area contributed by atoms with Crippen LogP contribution in [0.2, 0.25) is 0 Å². The van der Waals surface area contributed by atoms with Crippen molar-refractivity contribution in [3.8, 4) is 0 Å². The molecule has 1 aromatic carbocycles. The zero-order valence-electron chi connectivity index (χ0n) is 32.9. The van der Waals surface area contributed by atoms with Crippen LogP contribution in [0.4, 0.5) is 165 Å². The van der Waals surface area contributed by atoms with E-state index >= 15 is 17.6 Å². The molecule has 1 N–H and O–H groups in total. The lowest BCUT2D eigenvalue weighted by Gasteiger charge is -2.47. The summed E-state index contributed by atoms with van der Waals surface area (Å²) in [4.78, 5) is 49.9. The van der Waals surface area contributed by atoms with Crippen molar-refractivity contribution in [3.63, 3.8) is 0 Å². The molecule has 1 amide bonds. The van der Waals surface area contributed by atoms with Crippen molar-refractivity contribution in [3.05, 3.63) is 22.8 Å². The highest BCUT2D eigenvalue weighted by Gasteiger charge is 3.02. The average Bonchev–Trinajstić information content (AvgIpc) is 3.19. The van der Waals surface area contributed by atoms with E-state index in [-0.39, 0.29) is 13.0 Å². The van der Waals surface area contributed by atoms with Crippen LogP contribution < -0.4 is 5.32 Å². The average molecular weight is 1160 g/mol. The quantitative estimate of drug-likeness (QED) is 0.0433. The van der Waals surface area contributed by atoms with Crippen LogP contribution in [-0.2, 0) is 25.0 Å². The zero-order valence-corrected chi connectivity index (χ0v) is 32.9. The first-order valence-electron chi connectivity index (χ1n) is 16.5. The van der Waals surface area contributed by atoms with Gasteiger partial charge < -0.3 is 10.1 Å². The number of rotatable bonds is 21. The van der Waals surface area contributed by atoms with Crippen molar-refractivity contribution in [1.82, 2.24) is 5.32 Å². The highest BCUT2D eigenvalue weighted by molar-refractivity contribution is 6.00. The number of ether oxygens (including phenoxy) is 1. The predicted octanol–water partition coefficient (Wildman–Crippen LogP) is 12.4. The third-order valence-electron chi connectivity index (χ3n) is 9.19. The zero-order chi connectivity index (χ0) is 59.2. The Morgan fingerprint density at radius 3 is 0.932 bits per heavy atom. The van der Waals surface area contributed by atoms with E-state index in [9.17, 15) is 155 Å². The summed E-state index contributed by atoms with van der Waals surface area (Å²) >= 11 is 0. The predicted molar refractivity (Wildman–Crippen MR) is 155 cm³/mol. The third-order valence-corrected chi connectivity index (χ3v) is 9.19. The van der Waals surface area contributed by atoms with E-state index < -0.39 is 154 Å². The first kappa shape index (κ1) is 65.5. The summed E-state index contributed by atoms with van der Waals surface area (Å²) in [5.41, 5.74) is -12.1. The molecule has 1 aromatic rings. The molecule has 0 aliphatic rings. The van der Waals surface area contributed by atoms with E-state index in [1.807, 2.05) is 0 Å². The Kier molecular flexibility index (Phi) is 16.2. The molecule has 0 aromatic heterocycles. The molecule has 1 rings (SSSR count). The molecule has 0 spiro atoms. The molecule has 0 fully saturated rings. The van der Waals surface area contributed by atoms with Crippen molar-refractivity contribution >= 4 is 35.4 Å². The van der Waals surface area contributed by atoms with Gasteiger partial charge in [-0.3, -0.25) is 9.59 Å². The van der Waals surface area contributed by atoms with E-state index in [4.69, 9.17) is 0 Å². The van der Waals surface area contributed by atoms with Gasteiger partial charge in [0.1, 0.15) is 0 Å². The largest absolute Gasteiger partial charge is 0.460 e. The minimum absolute atomic E-state index is 0.0530. The number of hydrogen-bond acceptors (Lipinski definition) is 7. The van der Waals surface area contributed by atoms with Gasteiger partial charge in [-0.15, -0.1) is 0 Å². The Hall–Kier alpha value is -5.53. The minimum atomic E-state index is -10.5. The number of amides is 1. The molecule has 0 unspecified atom stereocenters. The lowest BCUT2D eigenvalue weighted by Crippen LogP contribution is -2.80. The number of benzene rings is 1. The van der Waals surface area contributed by atoms with E-state index in [0.717, 1.165) is 5.32 Å².